The van der Waals surface area contributed by atoms with Crippen LogP contribution in [0.4, 0.5) is 0 Å². The second kappa shape index (κ2) is 5.14. The predicted molar refractivity (Wildman–Crippen MR) is 84.3 cm³/mol. The molecule has 0 spiro atoms. The molecule has 0 bridgehead atoms. The zero-order valence-corrected chi connectivity index (χ0v) is 11.0. The predicted octanol–water partition coefficient (Wildman–Crippen LogP) is 4.62. The first kappa shape index (κ1) is 12.4. The maximum absolute atomic E-state index is 12.3. The van der Waals surface area contributed by atoms with Crippen LogP contribution >= 0.6 is 0 Å². The summed E-state index contributed by atoms with van der Waals surface area (Å²) in [6, 6.07) is 15.6. The highest BCUT2D eigenvalue weighted by molar-refractivity contribution is 6.09. The quantitative estimate of drug-likeness (QED) is 0.673. The van der Waals surface area contributed by atoms with E-state index in [1.54, 1.807) is 6.08 Å². The van der Waals surface area contributed by atoms with Crippen LogP contribution in [0, 0.1) is 0 Å². The SMILES string of the molecule is C=C1/C=C/c2ccccc2C(=O)/C=C/c2ccccc21. The number of benzene rings is 2. The Morgan fingerprint density at radius 1 is 0.650 bits per heavy atom. The van der Waals surface area contributed by atoms with Crippen LogP contribution in [0.3, 0.4) is 0 Å². The molecular weight excluding hydrogens is 244 g/mol. The maximum atomic E-state index is 12.3. The molecule has 0 N–H and O–H groups in total. The minimum Gasteiger partial charge on any atom is -0.289 e. The molecule has 1 aliphatic rings. The number of hydrogen-bond donors (Lipinski definition) is 0. The van der Waals surface area contributed by atoms with Crippen LogP contribution in [0.15, 0.2) is 67.3 Å². The topological polar surface area (TPSA) is 17.1 Å². The van der Waals surface area contributed by atoms with E-state index in [-0.39, 0.29) is 5.78 Å². The molecule has 0 saturated carbocycles. The standard InChI is InChI=1S/C19H14O/c1-14-10-11-16-7-3-5-9-18(16)19(20)13-12-15-6-2-4-8-17(14)15/h2-13H,1H2/b11-10+,13-12+. The Balaban J connectivity index is 2.18. The summed E-state index contributed by atoms with van der Waals surface area (Å²) in [4.78, 5) is 12.3. The molecule has 0 unspecified atom stereocenters. The molecular formula is C19H14O. The third-order valence-corrected chi connectivity index (χ3v) is 3.41. The van der Waals surface area contributed by atoms with Gasteiger partial charge in [0.2, 0.25) is 0 Å². The molecule has 1 nitrogen and oxygen atoms in total. The van der Waals surface area contributed by atoms with Crippen molar-refractivity contribution in [3.63, 3.8) is 0 Å². The molecule has 0 heterocycles. The first-order chi connectivity index (χ1) is 9.75. The Labute approximate surface area is 118 Å². The zero-order chi connectivity index (χ0) is 13.9. The lowest BCUT2D eigenvalue weighted by Gasteiger charge is -2.09. The summed E-state index contributed by atoms with van der Waals surface area (Å²) in [5.41, 5.74) is 4.63. The molecule has 0 saturated heterocycles. The van der Waals surface area contributed by atoms with Crippen molar-refractivity contribution in [3.05, 3.63) is 89.5 Å². The molecule has 20 heavy (non-hydrogen) atoms. The van der Waals surface area contributed by atoms with Crippen molar-refractivity contribution in [2.75, 3.05) is 0 Å². The van der Waals surface area contributed by atoms with E-state index in [1.165, 1.54) is 0 Å². The van der Waals surface area contributed by atoms with Crippen molar-refractivity contribution in [1.29, 1.82) is 0 Å². The average Bonchev–Trinajstić information content (AvgIpc) is 2.50. The Hall–Kier alpha value is -2.67. The maximum Gasteiger partial charge on any atom is 0.186 e. The molecule has 0 aliphatic heterocycles. The van der Waals surface area contributed by atoms with Crippen LogP contribution < -0.4 is 0 Å². The summed E-state index contributed by atoms with van der Waals surface area (Å²) in [5.74, 6) is 0.0209. The van der Waals surface area contributed by atoms with E-state index in [1.807, 2.05) is 66.8 Å². The molecule has 0 atom stereocenters. The Morgan fingerprint density at radius 3 is 1.95 bits per heavy atom. The number of hydrogen-bond acceptors (Lipinski definition) is 1. The van der Waals surface area contributed by atoms with E-state index in [2.05, 4.69) is 6.58 Å². The highest BCUT2D eigenvalue weighted by Gasteiger charge is 2.09. The van der Waals surface area contributed by atoms with Gasteiger partial charge in [0.05, 0.1) is 0 Å². The fraction of sp³-hybridized carbons (Fsp3) is 0. The van der Waals surface area contributed by atoms with Crippen molar-refractivity contribution < 1.29 is 4.79 Å². The third-order valence-electron chi connectivity index (χ3n) is 3.41. The lowest BCUT2D eigenvalue weighted by atomic mass is 9.95. The van der Waals surface area contributed by atoms with Gasteiger partial charge >= 0.3 is 0 Å². The minimum atomic E-state index is 0.0209. The minimum absolute atomic E-state index is 0.0209. The molecule has 1 aliphatic carbocycles. The number of ketones is 1. The van der Waals surface area contributed by atoms with Gasteiger partial charge in [0.25, 0.3) is 0 Å². The van der Waals surface area contributed by atoms with Crippen LogP contribution in [-0.2, 0) is 0 Å². The average molecular weight is 258 g/mol. The van der Waals surface area contributed by atoms with Crippen molar-refractivity contribution in [2.24, 2.45) is 0 Å². The van der Waals surface area contributed by atoms with Gasteiger partial charge in [0.15, 0.2) is 5.78 Å². The fourth-order valence-electron chi connectivity index (χ4n) is 2.34. The highest BCUT2D eigenvalue weighted by atomic mass is 16.1. The van der Waals surface area contributed by atoms with Crippen molar-refractivity contribution in [3.8, 4) is 0 Å². The highest BCUT2D eigenvalue weighted by Crippen LogP contribution is 2.24. The molecule has 1 heteroatoms. The Kier molecular flexibility index (Phi) is 3.18. The van der Waals surface area contributed by atoms with Crippen LogP contribution in [0.5, 0.6) is 0 Å². The summed E-state index contributed by atoms with van der Waals surface area (Å²) < 4.78 is 0. The van der Waals surface area contributed by atoms with Crippen LogP contribution in [0.25, 0.3) is 17.7 Å². The van der Waals surface area contributed by atoms with Gasteiger partial charge in [0, 0.05) is 5.56 Å². The van der Waals surface area contributed by atoms with Crippen molar-refractivity contribution in [1.82, 2.24) is 0 Å². The van der Waals surface area contributed by atoms with Crippen molar-refractivity contribution >= 4 is 23.5 Å². The summed E-state index contributed by atoms with van der Waals surface area (Å²) >= 11 is 0. The number of carbonyl (C=O) groups is 1. The number of rotatable bonds is 0. The molecule has 0 amide bonds. The van der Waals surface area contributed by atoms with E-state index in [0.717, 1.165) is 22.3 Å². The van der Waals surface area contributed by atoms with E-state index in [9.17, 15) is 4.79 Å². The first-order valence-electron chi connectivity index (χ1n) is 6.53. The van der Waals surface area contributed by atoms with E-state index >= 15 is 0 Å². The summed E-state index contributed by atoms with van der Waals surface area (Å²) in [7, 11) is 0. The van der Waals surface area contributed by atoms with Gasteiger partial charge in [-0.2, -0.15) is 0 Å². The van der Waals surface area contributed by atoms with Crippen LogP contribution in [0.2, 0.25) is 0 Å². The Bertz CT molecular complexity index is 682. The molecule has 0 aromatic heterocycles. The third kappa shape index (κ3) is 2.26. The number of carbonyl (C=O) groups excluding carboxylic acids is 1. The zero-order valence-electron chi connectivity index (χ0n) is 11.0. The summed E-state index contributed by atoms with van der Waals surface area (Å²) in [6.07, 6.45) is 7.40. The van der Waals surface area contributed by atoms with Gasteiger partial charge in [0.1, 0.15) is 0 Å². The normalized spacial score (nSPS) is 17.0. The van der Waals surface area contributed by atoms with Gasteiger partial charge in [-0.1, -0.05) is 73.3 Å². The van der Waals surface area contributed by atoms with Gasteiger partial charge < -0.3 is 0 Å². The second-order valence-corrected chi connectivity index (χ2v) is 4.73. The molecule has 0 fully saturated rings. The van der Waals surface area contributed by atoms with E-state index in [4.69, 9.17) is 0 Å². The van der Waals surface area contributed by atoms with Crippen LogP contribution in [0.1, 0.15) is 27.0 Å². The first-order valence-corrected chi connectivity index (χ1v) is 6.53. The number of fused-ring (bicyclic) bond motifs is 2. The molecule has 0 radical (unpaired) electrons. The van der Waals surface area contributed by atoms with Gasteiger partial charge in [-0.05, 0) is 28.3 Å². The monoisotopic (exact) mass is 258 g/mol. The molecule has 3 rings (SSSR count). The van der Waals surface area contributed by atoms with Gasteiger partial charge in [-0.25, -0.2) is 0 Å². The second-order valence-electron chi connectivity index (χ2n) is 4.73. The summed E-state index contributed by atoms with van der Waals surface area (Å²) in [5, 5.41) is 0. The molecule has 2 aromatic carbocycles. The van der Waals surface area contributed by atoms with E-state index in [0.29, 0.717) is 5.56 Å². The van der Waals surface area contributed by atoms with Crippen molar-refractivity contribution in [2.45, 2.75) is 0 Å². The van der Waals surface area contributed by atoms with Gasteiger partial charge in [-0.15, -0.1) is 0 Å². The van der Waals surface area contributed by atoms with Gasteiger partial charge in [-0.3, -0.25) is 4.79 Å². The van der Waals surface area contributed by atoms with E-state index < -0.39 is 0 Å². The molecule has 96 valence electrons. The summed E-state index contributed by atoms with van der Waals surface area (Å²) in [6.45, 7) is 4.12. The lowest BCUT2D eigenvalue weighted by Crippen LogP contribution is -1.98. The Morgan fingerprint density at radius 2 is 1.20 bits per heavy atom. The number of allylic oxidation sites excluding steroid dienone is 3. The largest absolute Gasteiger partial charge is 0.289 e. The molecule has 2 aromatic rings. The smallest absolute Gasteiger partial charge is 0.186 e. The lowest BCUT2D eigenvalue weighted by molar-refractivity contribution is 0.104. The van der Waals surface area contributed by atoms with Crippen LogP contribution in [-0.4, -0.2) is 5.78 Å². The fourth-order valence-corrected chi connectivity index (χ4v) is 2.34.